The maximum absolute atomic E-state index is 12.9. The van der Waals surface area contributed by atoms with Crippen molar-refractivity contribution in [1.29, 1.82) is 0 Å². The molecule has 1 aromatic carbocycles. The lowest BCUT2D eigenvalue weighted by Crippen LogP contribution is -2.31. The van der Waals surface area contributed by atoms with Crippen LogP contribution in [0.25, 0.3) is 0 Å². The average Bonchev–Trinajstić information content (AvgIpc) is 2.41. The van der Waals surface area contributed by atoms with Gasteiger partial charge in [0, 0.05) is 13.2 Å². The molecule has 0 unspecified atom stereocenters. The fraction of sp³-hybridized carbons (Fsp3) is 0.231. The van der Waals surface area contributed by atoms with E-state index in [1.165, 1.54) is 26.1 Å². The van der Waals surface area contributed by atoms with Crippen LogP contribution in [0.4, 0.5) is 18.9 Å². The molecule has 0 bridgehead atoms. The topological polar surface area (TPSA) is 78.8 Å². The summed E-state index contributed by atoms with van der Waals surface area (Å²) in [7, 11) is -2.73. The molecule has 1 aromatic rings. The van der Waals surface area contributed by atoms with Crippen LogP contribution in [0.5, 0.6) is 0 Å². The van der Waals surface area contributed by atoms with Crippen LogP contribution in [0, 0.1) is 0 Å². The van der Waals surface area contributed by atoms with E-state index in [2.05, 4.69) is 9.71 Å². The van der Waals surface area contributed by atoms with Crippen LogP contribution in [0.3, 0.4) is 0 Å². The minimum Gasteiger partial charge on any atom is -0.321 e. The van der Waals surface area contributed by atoms with Gasteiger partial charge in [0.1, 0.15) is 0 Å². The van der Waals surface area contributed by atoms with Gasteiger partial charge in [-0.2, -0.15) is 21.6 Å². The van der Waals surface area contributed by atoms with Crippen molar-refractivity contribution in [1.82, 2.24) is 4.31 Å². The molecule has 1 amide bonds. The monoisotopic (exact) mass is 347 g/mol. The Hall–Kier alpha value is -2.36. The molecule has 0 saturated heterocycles. The van der Waals surface area contributed by atoms with Crippen LogP contribution in [0.1, 0.15) is 12.5 Å². The summed E-state index contributed by atoms with van der Waals surface area (Å²) in [5, 5.41) is 2.14. The molecule has 0 aliphatic carbocycles. The predicted molar refractivity (Wildman–Crippen MR) is 77.9 cm³/mol. The number of anilines is 1. The summed E-state index contributed by atoms with van der Waals surface area (Å²) in [6.07, 6.45) is -3.63. The molecule has 1 aliphatic heterocycles. The second kappa shape index (κ2) is 5.69. The van der Waals surface area contributed by atoms with E-state index < -0.39 is 33.5 Å². The molecule has 2 rings (SSSR count). The quantitative estimate of drug-likeness (QED) is 0.891. The molecule has 1 N–H and O–H groups in total. The lowest BCUT2D eigenvalue weighted by atomic mass is 10.1. The molecule has 23 heavy (non-hydrogen) atoms. The Morgan fingerprint density at radius 1 is 1.26 bits per heavy atom. The highest BCUT2D eigenvalue weighted by Crippen LogP contribution is 2.34. The maximum atomic E-state index is 12.9. The molecule has 6 nitrogen and oxygen atoms in total. The summed E-state index contributed by atoms with van der Waals surface area (Å²) in [4.78, 5) is 12.2. The van der Waals surface area contributed by atoms with Crippen LogP contribution >= 0.6 is 0 Å². The highest BCUT2D eigenvalue weighted by atomic mass is 32.2. The van der Waals surface area contributed by atoms with Crippen LogP contribution in [-0.4, -0.2) is 31.4 Å². The number of hydrogen-bond acceptors (Lipinski definition) is 3. The Labute approximate surface area is 130 Å². The largest absolute Gasteiger partial charge is 0.418 e. The zero-order valence-corrected chi connectivity index (χ0v) is 12.9. The average molecular weight is 347 g/mol. The van der Waals surface area contributed by atoms with Crippen molar-refractivity contribution in [2.45, 2.75) is 13.1 Å². The summed E-state index contributed by atoms with van der Waals surface area (Å²) < 4.78 is 65.8. The normalized spacial score (nSPS) is 17.3. The molecule has 0 aromatic heterocycles. The summed E-state index contributed by atoms with van der Waals surface area (Å²) in [6.45, 7) is 1.28. The first-order valence-corrected chi connectivity index (χ1v) is 7.66. The van der Waals surface area contributed by atoms with Crippen molar-refractivity contribution in [3.63, 3.8) is 0 Å². The Balaban J connectivity index is 2.33. The fourth-order valence-corrected chi connectivity index (χ4v) is 2.69. The van der Waals surface area contributed by atoms with Gasteiger partial charge in [-0.1, -0.05) is 12.1 Å². The molecule has 0 radical (unpaired) electrons. The Kier molecular flexibility index (Phi) is 4.20. The van der Waals surface area contributed by atoms with Crippen LogP contribution in [0.15, 0.2) is 40.4 Å². The van der Waals surface area contributed by atoms with E-state index in [4.69, 9.17) is 0 Å². The first kappa shape index (κ1) is 17.0. The second-order valence-corrected chi connectivity index (χ2v) is 6.37. The fourth-order valence-electron chi connectivity index (χ4n) is 1.88. The number of carbonyl (C=O) groups excluding carboxylic acids is 1. The number of amides is 1. The standard InChI is InChI=1S/C13H12F3N3O3S/c1-8-9(7-19(2)23(21,22)18-8)12(20)17-11-6-4-3-5-10(11)13(14,15)16/h3-7H,1-2H3,(H,17,20). The third-order valence-corrected chi connectivity index (χ3v) is 4.38. The van der Waals surface area contributed by atoms with Gasteiger partial charge in [-0.15, -0.1) is 4.40 Å². The third kappa shape index (κ3) is 3.52. The van der Waals surface area contributed by atoms with Crippen molar-refractivity contribution in [2.24, 2.45) is 4.40 Å². The van der Waals surface area contributed by atoms with Gasteiger partial charge in [0.15, 0.2) is 0 Å². The van der Waals surface area contributed by atoms with E-state index in [0.29, 0.717) is 4.31 Å². The number of alkyl halides is 3. The van der Waals surface area contributed by atoms with E-state index in [0.717, 1.165) is 18.3 Å². The summed E-state index contributed by atoms with van der Waals surface area (Å²) >= 11 is 0. The van der Waals surface area contributed by atoms with Gasteiger partial charge in [-0.3, -0.25) is 9.10 Å². The van der Waals surface area contributed by atoms with Gasteiger partial charge in [0.05, 0.1) is 22.5 Å². The third-order valence-electron chi connectivity index (χ3n) is 3.04. The second-order valence-electron chi connectivity index (χ2n) is 4.71. The van der Waals surface area contributed by atoms with Crippen LogP contribution in [-0.2, 0) is 21.2 Å². The number of carbonyl (C=O) groups is 1. The SMILES string of the molecule is CC1=NS(=O)(=O)N(C)C=C1C(=O)Nc1ccccc1C(F)(F)F. The molecular weight excluding hydrogens is 335 g/mol. The number of nitrogens with zero attached hydrogens (tertiary/aromatic N) is 2. The van der Waals surface area contributed by atoms with Gasteiger partial charge < -0.3 is 5.32 Å². The van der Waals surface area contributed by atoms with Gasteiger partial charge in [-0.05, 0) is 19.1 Å². The highest BCUT2D eigenvalue weighted by molar-refractivity contribution is 7.88. The maximum Gasteiger partial charge on any atom is 0.418 e. The van der Waals surface area contributed by atoms with Crippen molar-refractivity contribution < 1.29 is 26.4 Å². The van der Waals surface area contributed by atoms with Crippen LogP contribution < -0.4 is 5.32 Å². The van der Waals surface area contributed by atoms with E-state index in [1.807, 2.05) is 0 Å². The molecule has 1 heterocycles. The lowest BCUT2D eigenvalue weighted by Gasteiger charge is -2.20. The summed E-state index contributed by atoms with van der Waals surface area (Å²) in [5.74, 6) is -0.885. The molecular formula is C13H12F3N3O3S. The molecule has 10 heteroatoms. The zero-order chi connectivity index (χ0) is 17.4. The minimum atomic E-state index is -4.63. The molecule has 0 atom stereocenters. The number of hydrogen-bond donors (Lipinski definition) is 1. The predicted octanol–water partition coefficient (Wildman–Crippen LogP) is 2.18. The van der Waals surface area contributed by atoms with E-state index >= 15 is 0 Å². The van der Waals surface area contributed by atoms with Gasteiger partial charge in [0.25, 0.3) is 5.91 Å². The Morgan fingerprint density at radius 3 is 2.48 bits per heavy atom. The number of para-hydroxylation sites is 1. The van der Waals surface area contributed by atoms with Gasteiger partial charge in [0.2, 0.25) is 0 Å². The zero-order valence-electron chi connectivity index (χ0n) is 12.0. The molecule has 0 fully saturated rings. The van der Waals surface area contributed by atoms with Gasteiger partial charge >= 0.3 is 16.4 Å². The lowest BCUT2D eigenvalue weighted by molar-refractivity contribution is -0.137. The first-order chi connectivity index (χ1) is 10.5. The Bertz CT molecular complexity index is 813. The van der Waals surface area contributed by atoms with E-state index in [1.54, 1.807) is 0 Å². The van der Waals surface area contributed by atoms with Gasteiger partial charge in [-0.25, -0.2) is 0 Å². The highest BCUT2D eigenvalue weighted by Gasteiger charge is 2.34. The molecule has 124 valence electrons. The van der Waals surface area contributed by atoms with E-state index in [9.17, 15) is 26.4 Å². The number of halogens is 3. The number of benzene rings is 1. The molecule has 1 aliphatic rings. The number of rotatable bonds is 2. The number of nitrogens with one attached hydrogen (secondary N) is 1. The first-order valence-electron chi connectivity index (χ1n) is 6.26. The molecule has 0 saturated carbocycles. The van der Waals surface area contributed by atoms with E-state index in [-0.39, 0.29) is 11.3 Å². The molecule has 0 spiro atoms. The van der Waals surface area contributed by atoms with Crippen molar-refractivity contribution >= 4 is 27.5 Å². The van der Waals surface area contributed by atoms with Crippen molar-refractivity contribution in [3.05, 3.63) is 41.6 Å². The van der Waals surface area contributed by atoms with Crippen molar-refractivity contribution in [3.8, 4) is 0 Å². The summed E-state index contributed by atoms with van der Waals surface area (Å²) in [6, 6.07) is 4.49. The van der Waals surface area contributed by atoms with Crippen molar-refractivity contribution in [2.75, 3.05) is 12.4 Å². The Morgan fingerprint density at radius 2 is 1.87 bits per heavy atom. The smallest absolute Gasteiger partial charge is 0.321 e. The minimum absolute atomic E-state index is 0.106. The van der Waals surface area contributed by atoms with Crippen LogP contribution in [0.2, 0.25) is 0 Å². The summed E-state index contributed by atoms with van der Waals surface area (Å²) in [5.41, 5.74) is -1.67.